The van der Waals surface area contributed by atoms with Crippen molar-refractivity contribution in [3.05, 3.63) is 42.0 Å². The zero-order valence-corrected chi connectivity index (χ0v) is 14.2. The molecular formula is C19H22N2O4. The van der Waals surface area contributed by atoms with Gasteiger partial charge >= 0.3 is 0 Å². The van der Waals surface area contributed by atoms with E-state index in [1.165, 1.54) is 4.90 Å². The zero-order chi connectivity index (χ0) is 17.8. The predicted molar refractivity (Wildman–Crippen MR) is 91.5 cm³/mol. The highest BCUT2D eigenvalue weighted by atomic mass is 16.5. The molecule has 6 nitrogen and oxygen atoms in total. The fraction of sp³-hybridized carbons (Fsp3) is 0.421. The van der Waals surface area contributed by atoms with Crippen molar-refractivity contribution in [3.8, 4) is 5.75 Å². The number of methoxy groups -OCH3 is 1. The lowest BCUT2D eigenvalue weighted by molar-refractivity contribution is -0.140. The molecule has 1 aliphatic heterocycles. The number of fused-ring (bicyclic) bond motifs is 1. The van der Waals surface area contributed by atoms with Crippen molar-refractivity contribution in [1.29, 1.82) is 0 Å². The molecular weight excluding hydrogens is 320 g/mol. The normalized spacial score (nSPS) is 22.0. The standard InChI is InChI=1S/C19H22N2O4/c1-25-14-8-6-13(7-9-14)12-20-17(22)10-11-21-18(23)15-4-2-3-5-16(15)19(21)24/h2-3,6-9,15-16H,4-5,10-12H2,1H3,(H,20,22). The van der Waals surface area contributed by atoms with E-state index in [0.29, 0.717) is 19.4 Å². The number of nitrogens with one attached hydrogen (secondary N) is 1. The number of hydrogen-bond acceptors (Lipinski definition) is 4. The summed E-state index contributed by atoms with van der Waals surface area (Å²) >= 11 is 0. The summed E-state index contributed by atoms with van der Waals surface area (Å²) in [4.78, 5) is 37.9. The van der Waals surface area contributed by atoms with Crippen molar-refractivity contribution in [2.24, 2.45) is 11.8 Å². The number of amides is 3. The van der Waals surface area contributed by atoms with Gasteiger partial charge in [-0.2, -0.15) is 0 Å². The van der Waals surface area contributed by atoms with E-state index in [4.69, 9.17) is 4.74 Å². The SMILES string of the molecule is COc1ccc(CNC(=O)CCN2C(=O)C3CC=CCC3C2=O)cc1. The minimum absolute atomic E-state index is 0.125. The van der Waals surface area contributed by atoms with Gasteiger partial charge in [-0.15, -0.1) is 0 Å². The first kappa shape index (κ1) is 17.2. The number of ether oxygens (including phenoxy) is 1. The Balaban J connectivity index is 1.47. The van der Waals surface area contributed by atoms with Crippen LogP contribution in [0.15, 0.2) is 36.4 Å². The number of carbonyl (C=O) groups excluding carboxylic acids is 3. The number of hydrogen-bond donors (Lipinski definition) is 1. The van der Waals surface area contributed by atoms with Crippen LogP contribution in [-0.4, -0.2) is 36.3 Å². The first-order chi connectivity index (χ1) is 12.1. The molecule has 132 valence electrons. The van der Waals surface area contributed by atoms with E-state index in [2.05, 4.69) is 5.32 Å². The molecule has 1 heterocycles. The van der Waals surface area contributed by atoms with E-state index in [0.717, 1.165) is 11.3 Å². The highest BCUT2D eigenvalue weighted by Crippen LogP contribution is 2.34. The molecule has 2 unspecified atom stereocenters. The molecule has 2 atom stereocenters. The summed E-state index contributed by atoms with van der Waals surface area (Å²) in [5, 5.41) is 2.81. The van der Waals surface area contributed by atoms with Crippen LogP contribution >= 0.6 is 0 Å². The Morgan fingerprint density at radius 2 is 1.72 bits per heavy atom. The van der Waals surface area contributed by atoms with Crippen molar-refractivity contribution >= 4 is 17.7 Å². The van der Waals surface area contributed by atoms with Gasteiger partial charge in [-0.3, -0.25) is 19.3 Å². The van der Waals surface area contributed by atoms with Crippen LogP contribution in [0, 0.1) is 11.8 Å². The molecule has 1 fully saturated rings. The van der Waals surface area contributed by atoms with E-state index in [1.807, 2.05) is 36.4 Å². The zero-order valence-electron chi connectivity index (χ0n) is 14.2. The molecule has 0 radical (unpaired) electrons. The van der Waals surface area contributed by atoms with Crippen molar-refractivity contribution < 1.29 is 19.1 Å². The van der Waals surface area contributed by atoms with E-state index in [1.54, 1.807) is 7.11 Å². The summed E-state index contributed by atoms with van der Waals surface area (Å²) in [6, 6.07) is 7.42. The van der Waals surface area contributed by atoms with Crippen LogP contribution in [-0.2, 0) is 20.9 Å². The van der Waals surface area contributed by atoms with Crippen LogP contribution < -0.4 is 10.1 Å². The van der Waals surface area contributed by atoms with Gasteiger partial charge in [-0.25, -0.2) is 0 Å². The van der Waals surface area contributed by atoms with Crippen molar-refractivity contribution in [1.82, 2.24) is 10.2 Å². The van der Waals surface area contributed by atoms with Gasteiger partial charge in [0.2, 0.25) is 17.7 Å². The van der Waals surface area contributed by atoms with Gasteiger partial charge in [-0.05, 0) is 30.5 Å². The van der Waals surface area contributed by atoms with Crippen LogP contribution in [0.2, 0.25) is 0 Å². The number of likely N-dealkylation sites (tertiary alicyclic amines) is 1. The Labute approximate surface area is 146 Å². The van der Waals surface area contributed by atoms with Gasteiger partial charge in [0, 0.05) is 19.5 Å². The minimum Gasteiger partial charge on any atom is -0.497 e. The second-order valence-electron chi connectivity index (χ2n) is 6.36. The van der Waals surface area contributed by atoms with Gasteiger partial charge in [0.05, 0.1) is 18.9 Å². The largest absolute Gasteiger partial charge is 0.497 e. The molecule has 2 aliphatic rings. The van der Waals surface area contributed by atoms with E-state index < -0.39 is 0 Å². The highest BCUT2D eigenvalue weighted by molar-refractivity contribution is 6.05. The number of carbonyl (C=O) groups is 3. The van der Waals surface area contributed by atoms with Gasteiger partial charge in [-0.1, -0.05) is 24.3 Å². The summed E-state index contributed by atoms with van der Waals surface area (Å²) in [6.45, 7) is 0.555. The third kappa shape index (κ3) is 3.73. The Hall–Kier alpha value is -2.63. The van der Waals surface area contributed by atoms with Gasteiger partial charge in [0.15, 0.2) is 0 Å². The summed E-state index contributed by atoms with van der Waals surface area (Å²) in [6.07, 6.45) is 5.28. The number of allylic oxidation sites excluding steroid dienone is 2. The highest BCUT2D eigenvalue weighted by Gasteiger charge is 2.46. The maximum Gasteiger partial charge on any atom is 0.233 e. The molecule has 0 bridgehead atoms. The summed E-state index contributed by atoms with van der Waals surface area (Å²) in [7, 11) is 1.60. The number of nitrogens with zero attached hydrogens (tertiary/aromatic N) is 1. The first-order valence-corrected chi connectivity index (χ1v) is 8.50. The lowest BCUT2D eigenvalue weighted by Gasteiger charge is -2.14. The van der Waals surface area contributed by atoms with E-state index in [9.17, 15) is 14.4 Å². The predicted octanol–water partition coefficient (Wildman–Crippen LogP) is 1.65. The van der Waals surface area contributed by atoms with Crippen LogP contribution in [0.4, 0.5) is 0 Å². The van der Waals surface area contributed by atoms with Gasteiger partial charge in [0.1, 0.15) is 5.75 Å². The smallest absolute Gasteiger partial charge is 0.233 e. The minimum atomic E-state index is -0.236. The quantitative estimate of drug-likeness (QED) is 0.630. The monoisotopic (exact) mass is 342 g/mol. The molecule has 0 aromatic heterocycles. The molecule has 3 rings (SSSR count). The van der Waals surface area contributed by atoms with Crippen LogP contribution in [0.25, 0.3) is 0 Å². The lowest BCUT2D eigenvalue weighted by Crippen LogP contribution is -2.35. The Morgan fingerprint density at radius 1 is 1.12 bits per heavy atom. The number of rotatable bonds is 6. The second-order valence-corrected chi connectivity index (χ2v) is 6.36. The molecule has 1 saturated heterocycles. The number of imide groups is 1. The van der Waals surface area contributed by atoms with Gasteiger partial charge in [0.25, 0.3) is 0 Å². The Kier molecular flexibility index (Phi) is 5.16. The molecule has 3 amide bonds. The van der Waals surface area contributed by atoms with Crippen molar-refractivity contribution in [3.63, 3.8) is 0 Å². The maximum absolute atomic E-state index is 12.3. The van der Waals surface area contributed by atoms with Crippen LogP contribution in [0.3, 0.4) is 0 Å². The molecule has 0 saturated carbocycles. The molecule has 1 aromatic rings. The third-order valence-corrected chi connectivity index (χ3v) is 4.81. The average molecular weight is 342 g/mol. The molecule has 25 heavy (non-hydrogen) atoms. The Morgan fingerprint density at radius 3 is 2.28 bits per heavy atom. The fourth-order valence-electron chi connectivity index (χ4n) is 3.34. The summed E-state index contributed by atoms with van der Waals surface area (Å²) in [5.41, 5.74) is 0.958. The van der Waals surface area contributed by atoms with E-state index >= 15 is 0 Å². The molecule has 1 aromatic carbocycles. The van der Waals surface area contributed by atoms with Crippen LogP contribution in [0.5, 0.6) is 5.75 Å². The molecule has 0 spiro atoms. The Bertz CT molecular complexity index is 670. The summed E-state index contributed by atoms with van der Waals surface area (Å²) in [5.74, 6) is -0.161. The topological polar surface area (TPSA) is 75.7 Å². The van der Waals surface area contributed by atoms with Crippen LogP contribution in [0.1, 0.15) is 24.8 Å². The molecule has 1 N–H and O–H groups in total. The second kappa shape index (κ2) is 7.51. The van der Waals surface area contributed by atoms with Crippen molar-refractivity contribution in [2.75, 3.05) is 13.7 Å². The van der Waals surface area contributed by atoms with Crippen molar-refractivity contribution in [2.45, 2.75) is 25.8 Å². The average Bonchev–Trinajstić information content (AvgIpc) is 2.89. The first-order valence-electron chi connectivity index (χ1n) is 8.50. The number of benzene rings is 1. The maximum atomic E-state index is 12.3. The van der Waals surface area contributed by atoms with Gasteiger partial charge < -0.3 is 10.1 Å². The molecule has 6 heteroatoms. The molecule has 1 aliphatic carbocycles. The third-order valence-electron chi connectivity index (χ3n) is 4.81. The van der Waals surface area contributed by atoms with E-state index in [-0.39, 0.29) is 42.5 Å². The fourth-order valence-corrected chi connectivity index (χ4v) is 3.34. The summed E-state index contributed by atoms with van der Waals surface area (Å²) < 4.78 is 5.09. The lowest BCUT2D eigenvalue weighted by atomic mass is 9.85.